The normalized spacial score (nSPS) is 16.7. The fraction of sp³-hybridized carbons (Fsp3) is 0.619. The third-order valence-corrected chi connectivity index (χ3v) is 4.77. The maximum Gasteiger partial charge on any atom is 0.408 e. The largest absolute Gasteiger partial charge is 0.497 e. The zero-order valence-electron chi connectivity index (χ0n) is 16.9. The summed E-state index contributed by atoms with van der Waals surface area (Å²) < 4.78 is 10.6. The number of carbonyl (C=O) groups excluding carboxylic acids is 2. The number of hydrogen-bond acceptors (Lipinski definition) is 4. The zero-order valence-corrected chi connectivity index (χ0v) is 16.9. The summed E-state index contributed by atoms with van der Waals surface area (Å²) in [5.74, 6) is 0.547. The van der Waals surface area contributed by atoms with Crippen LogP contribution >= 0.6 is 0 Å². The van der Waals surface area contributed by atoms with Crippen LogP contribution < -0.4 is 15.4 Å². The predicted molar refractivity (Wildman–Crippen MR) is 105 cm³/mol. The van der Waals surface area contributed by atoms with E-state index in [0.717, 1.165) is 38.5 Å². The molecule has 150 valence electrons. The monoisotopic (exact) mass is 376 g/mol. The number of amides is 2. The summed E-state index contributed by atoms with van der Waals surface area (Å²) in [6.45, 7) is 5.92. The van der Waals surface area contributed by atoms with Gasteiger partial charge in [-0.1, -0.05) is 25.7 Å². The van der Waals surface area contributed by atoms with Gasteiger partial charge in [0, 0.05) is 12.1 Å². The molecule has 0 heterocycles. The van der Waals surface area contributed by atoms with Crippen molar-refractivity contribution in [1.82, 2.24) is 10.6 Å². The molecule has 0 bridgehead atoms. The molecular weight excluding hydrogens is 344 g/mol. The highest BCUT2D eigenvalue weighted by Gasteiger charge is 2.34. The summed E-state index contributed by atoms with van der Waals surface area (Å²) in [7, 11) is 1.59. The van der Waals surface area contributed by atoms with Gasteiger partial charge >= 0.3 is 6.09 Å². The van der Waals surface area contributed by atoms with Gasteiger partial charge in [0.25, 0.3) is 5.91 Å². The zero-order chi connectivity index (χ0) is 19.9. The van der Waals surface area contributed by atoms with Crippen LogP contribution in [0.1, 0.15) is 69.7 Å². The minimum absolute atomic E-state index is 0.160. The number of hydrogen-bond donors (Lipinski definition) is 2. The van der Waals surface area contributed by atoms with Crippen molar-refractivity contribution in [2.75, 3.05) is 13.7 Å². The Morgan fingerprint density at radius 2 is 1.63 bits per heavy atom. The quantitative estimate of drug-likeness (QED) is 0.760. The first-order valence-corrected chi connectivity index (χ1v) is 9.66. The van der Waals surface area contributed by atoms with Crippen LogP contribution in [-0.4, -0.2) is 36.8 Å². The van der Waals surface area contributed by atoms with E-state index in [1.54, 1.807) is 31.4 Å². The Balaban J connectivity index is 2.04. The topological polar surface area (TPSA) is 76.7 Å². The number of benzene rings is 1. The third-order valence-electron chi connectivity index (χ3n) is 4.77. The number of ether oxygens (including phenoxy) is 2. The molecule has 1 fully saturated rings. The second kappa shape index (κ2) is 9.11. The number of rotatable bonds is 5. The molecular formula is C21H32N2O4. The number of alkyl carbamates (subject to hydrolysis) is 1. The Labute approximate surface area is 162 Å². The van der Waals surface area contributed by atoms with Gasteiger partial charge in [0.1, 0.15) is 11.4 Å². The van der Waals surface area contributed by atoms with E-state index >= 15 is 0 Å². The van der Waals surface area contributed by atoms with E-state index in [1.165, 1.54) is 0 Å². The van der Waals surface area contributed by atoms with Crippen molar-refractivity contribution in [2.24, 2.45) is 0 Å². The average molecular weight is 376 g/mol. The smallest absolute Gasteiger partial charge is 0.408 e. The van der Waals surface area contributed by atoms with Crippen molar-refractivity contribution in [1.29, 1.82) is 0 Å². The molecule has 0 atom stereocenters. The summed E-state index contributed by atoms with van der Waals surface area (Å²) in [4.78, 5) is 24.9. The first kappa shape index (κ1) is 21.1. The van der Waals surface area contributed by atoms with Gasteiger partial charge in [-0.15, -0.1) is 0 Å². The number of nitrogens with one attached hydrogen (secondary N) is 2. The summed E-state index contributed by atoms with van der Waals surface area (Å²) in [6, 6.07) is 6.98. The third kappa shape index (κ3) is 6.77. The predicted octanol–water partition coefficient (Wildman–Crippen LogP) is 4.04. The van der Waals surface area contributed by atoms with Crippen LogP contribution in [0.5, 0.6) is 5.75 Å². The highest BCUT2D eigenvalue weighted by Crippen LogP contribution is 2.27. The van der Waals surface area contributed by atoms with Crippen LogP contribution in [0.15, 0.2) is 24.3 Å². The van der Waals surface area contributed by atoms with Crippen LogP contribution in [0.4, 0.5) is 4.79 Å². The molecule has 1 aliphatic carbocycles. The molecule has 0 spiro atoms. The van der Waals surface area contributed by atoms with Crippen molar-refractivity contribution in [3.63, 3.8) is 0 Å². The Hall–Kier alpha value is -2.24. The highest BCUT2D eigenvalue weighted by molar-refractivity contribution is 5.94. The molecule has 6 nitrogen and oxygen atoms in total. The van der Waals surface area contributed by atoms with E-state index in [2.05, 4.69) is 10.6 Å². The lowest BCUT2D eigenvalue weighted by Gasteiger charge is -2.35. The first-order valence-electron chi connectivity index (χ1n) is 9.66. The molecule has 2 amide bonds. The fourth-order valence-corrected chi connectivity index (χ4v) is 3.37. The highest BCUT2D eigenvalue weighted by atomic mass is 16.6. The maximum absolute atomic E-state index is 12.5. The minimum atomic E-state index is -0.553. The summed E-state index contributed by atoms with van der Waals surface area (Å²) in [5.41, 5.74) is -0.458. The molecule has 0 saturated heterocycles. The molecule has 1 aromatic rings. The Kier molecular flexibility index (Phi) is 7.11. The van der Waals surface area contributed by atoms with Gasteiger partial charge in [0.2, 0.25) is 0 Å². The molecule has 0 radical (unpaired) electrons. The van der Waals surface area contributed by atoms with E-state index in [4.69, 9.17) is 9.47 Å². The van der Waals surface area contributed by atoms with E-state index in [-0.39, 0.29) is 5.91 Å². The summed E-state index contributed by atoms with van der Waals surface area (Å²) >= 11 is 0. The van der Waals surface area contributed by atoms with Crippen LogP contribution in [0.3, 0.4) is 0 Å². The lowest BCUT2D eigenvalue weighted by Crippen LogP contribution is -2.56. The minimum Gasteiger partial charge on any atom is -0.497 e. The maximum atomic E-state index is 12.5. The second-order valence-corrected chi connectivity index (χ2v) is 8.23. The number of carbonyl (C=O) groups is 2. The van der Waals surface area contributed by atoms with Crippen LogP contribution in [-0.2, 0) is 4.74 Å². The van der Waals surface area contributed by atoms with E-state index in [1.807, 2.05) is 20.8 Å². The van der Waals surface area contributed by atoms with Gasteiger partial charge in [-0.2, -0.15) is 0 Å². The molecule has 2 rings (SSSR count). The standard InChI is InChI=1S/C21H32N2O4/c1-20(2,3)27-19(25)23-21(13-7-5-6-8-14-21)15-22-18(24)16-9-11-17(26-4)12-10-16/h9-12H,5-8,13-15H2,1-4H3,(H,22,24)(H,23,25). The fourth-order valence-electron chi connectivity index (χ4n) is 3.37. The van der Waals surface area contributed by atoms with Crippen molar-refractivity contribution < 1.29 is 19.1 Å². The molecule has 6 heteroatoms. The molecule has 1 saturated carbocycles. The molecule has 0 aromatic heterocycles. The van der Waals surface area contributed by atoms with Crippen molar-refractivity contribution in [2.45, 2.75) is 70.4 Å². The van der Waals surface area contributed by atoms with Gasteiger partial charge in [0.05, 0.1) is 12.6 Å². The van der Waals surface area contributed by atoms with Gasteiger partial charge in [-0.05, 0) is 57.9 Å². The van der Waals surface area contributed by atoms with Crippen LogP contribution in [0.2, 0.25) is 0 Å². The molecule has 2 N–H and O–H groups in total. The second-order valence-electron chi connectivity index (χ2n) is 8.23. The average Bonchev–Trinajstić information content (AvgIpc) is 2.84. The van der Waals surface area contributed by atoms with Crippen molar-refractivity contribution >= 4 is 12.0 Å². The van der Waals surface area contributed by atoms with Crippen molar-refractivity contribution in [3.8, 4) is 5.75 Å². The molecule has 1 aliphatic rings. The molecule has 0 aliphatic heterocycles. The van der Waals surface area contributed by atoms with Gasteiger partial charge in [-0.25, -0.2) is 4.79 Å². The molecule has 0 unspecified atom stereocenters. The SMILES string of the molecule is COc1ccc(C(=O)NCC2(NC(=O)OC(C)(C)C)CCCCCC2)cc1. The van der Waals surface area contributed by atoms with Gasteiger partial charge < -0.3 is 20.1 Å². The lowest BCUT2D eigenvalue weighted by molar-refractivity contribution is 0.0437. The molecule has 27 heavy (non-hydrogen) atoms. The summed E-state index contributed by atoms with van der Waals surface area (Å²) in [6.07, 6.45) is 5.56. The summed E-state index contributed by atoms with van der Waals surface area (Å²) in [5, 5.41) is 6.05. The van der Waals surface area contributed by atoms with E-state index in [9.17, 15) is 9.59 Å². The van der Waals surface area contributed by atoms with E-state index < -0.39 is 17.2 Å². The van der Waals surface area contributed by atoms with Gasteiger partial charge in [-0.3, -0.25) is 4.79 Å². The Bertz CT molecular complexity index is 627. The van der Waals surface area contributed by atoms with Crippen molar-refractivity contribution in [3.05, 3.63) is 29.8 Å². The number of methoxy groups -OCH3 is 1. The van der Waals surface area contributed by atoms with Crippen LogP contribution in [0, 0.1) is 0 Å². The van der Waals surface area contributed by atoms with Gasteiger partial charge in [0.15, 0.2) is 0 Å². The van der Waals surface area contributed by atoms with Crippen LogP contribution in [0.25, 0.3) is 0 Å². The first-order chi connectivity index (χ1) is 12.7. The lowest BCUT2D eigenvalue weighted by atomic mass is 9.90. The Morgan fingerprint density at radius 3 is 2.15 bits per heavy atom. The Morgan fingerprint density at radius 1 is 1.04 bits per heavy atom. The van der Waals surface area contributed by atoms with E-state index in [0.29, 0.717) is 17.9 Å². The molecule has 1 aromatic carbocycles.